The fourth-order valence-corrected chi connectivity index (χ4v) is 2.11. The van der Waals surface area contributed by atoms with Crippen molar-refractivity contribution in [2.45, 2.75) is 24.7 Å². The van der Waals surface area contributed by atoms with Crippen molar-refractivity contribution in [3.63, 3.8) is 0 Å². The fourth-order valence-electron chi connectivity index (χ4n) is 2.11. The number of carbonyl (C=O) groups is 1. The van der Waals surface area contributed by atoms with E-state index in [0.29, 0.717) is 18.4 Å². The summed E-state index contributed by atoms with van der Waals surface area (Å²) in [5.41, 5.74) is -0.249. The van der Waals surface area contributed by atoms with Gasteiger partial charge in [-0.25, -0.2) is 4.39 Å². The standard InChI is InChI=1S/C12H13FO4/c1-17-10-5-9(14)7(4-8(10)13)12(2-3-12)6-11(15)16/h4-5,14H,2-3,6H2,1H3,(H,15,16). The first kappa shape index (κ1) is 11.7. The lowest BCUT2D eigenvalue weighted by Crippen LogP contribution is -2.13. The molecule has 0 saturated heterocycles. The van der Waals surface area contributed by atoms with Crippen LogP contribution in [0.4, 0.5) is 4.39 Å². The summed E-state index contributed by atoms with van der Waals surface area (Å²) < 4.78 is 18.3. The molecule has 0 bridgehead atoms. The Kier molecular flexibility index (Phi) is 2.69. The van der Waals surface area contributed by atoms with Gasteiger partial charge in [-0.3, -0.25) is 4.79 Å². The number of halogens is 1. The van der Waals surface area contributed by atoms with Crippen molar-refractivity contribution in [1.82, 2.24) is 0 Å². The molecule has 1 fully saturated rings. The van der Waals surface area contributed by atoms with Crippen LogP contribution in [0.5, 0.6) is 11.5 Å². The third-order valence-electron chi connectivity index (χ3n) is 3.18. The van der Waals surface area contributed by atoms with Gasteiger partial charge in [0.25, 0.3) is 0 Å². The van der Waals surface area contributed by atoms with Crippen LogP contribution in [0.3, 0.4) is 0 Å². The molecule has 0 amide bonds. The maximum absolute atomic E-state index is 13.5. The minimum atomic E-state index is -0.946. The molecule has 1 aliphatic rings. The number of aliphatic carboxylic acids is 1. The van der Waals surface area contributed by atoms with Crippen LogP contribution < -0.4 is 4.74 Å². The first-order valence-corrected chi connectivity index (χ1v) is 5.27. The number of hydrogen-bond donors (Lipinski definition) is 2. The maximum atomic E-state index is 13.5. The molecule has 0 heterocycles. The Labute approximate surface area is 97.6 Å². The summed E-state index contributed by atoms with van der Waals surface area (Å²) in [6, 6.07) is 2.36. The van der Waals surface area contributed by atoms with Gasteiger partial charge in [-0.1, -0.05) is 0 Å². The first-order valence-electron chi connectivity index (χ1n) is 5.27. The summed E-state index contributed by atoms with van der Waals surface area (Å²) in [6.45, 7) is 0. The van der Waals surface area contributed by atoms with Gasteiger partial charge in [-0.2, -0.15) is 0 Å². The molecular formula is C12H13FO4. The molecule has 1 saturated carbocycles. The summed E-state index contributed by atoms with van der Waals surface area (Å²) in [5.74, 6) is -1.69. The summed E-state index contributed by atoms with van der Waals surface area (Å²) in [7, 11) is 1.31. The van der Waals surface area contributed by atoms with Gasteiger partial charge in [0.15, 0.2) is 11.6 Å². The van der Waals surface area contributed by atoms with Crippen molar-refractivity contribution >= 4 is 5.97 Å². The van der Waals surface area contributed by atoms with Gasteiger partial charge < -0.3 is 14.9 Å². The Morgan fingerprint density at radius 1 is 1.53 bits per heavy atom. The number of benzene rings is 1. The minimum absolute atomic E-state index is 0.0441. The normalized spacial score (nSPS) is 16.6. The lowest BCUT2D eigenvalue weighted by molar-refractivity contribution is -0.137. The Balaban J connectivity index is 2.39. The topological polar surface area (TPSA) is 66.8 Å². The van der Waals surface area contributed by atoms with E-state index < -0.39 is 17.2 Å². The van der Waals surface area contributed by atoms with Gasteiger partial charge in [0.05, 0.1) is 13.5 Å². The number of rotatable bonds is 4. The van der Waals surface area contributed by atoms with Crippen molar-refractivity contribution < 1.29 is 24.1 Å². The monoisotopic (exact) mass is 240 g/mol. The van der Waals surface area contributed by atoms with E-state index in [2.05, 4.69) is 0 Å². The van der Waals surface area contributed by atoms with Crippen molar-refractivity contribution in [2.75, 3.05) is 7.11 Å². The van der Waals surface area contributed by atoms with Crippen LogP contribution in [0.25, 0.3) is 0 Å². The number of aromatic hydroxyl groups is 1. The molecule has 5 heteroatoms. The lowest BCUT2D eigenvalue weighted by Gasteiger charge is -2.16. The Morgan fingerprint density at radius 3 is 2.65 bits per heavy atom. The maximum Gasteiger partial charge on any atom is 0.304 e. The van der Waals surface area contributed by atoms with Crippen LogP contribution in [0, 0.1) is 5.82 Å². The van der Waals surface area contributed by atoms with Gasteiger partial charge in [-0.15, -0.1) is 0 Å². The van der Waals surface area contributed by atoms with Gasteiger partial charge >= 0.3 is 5.97 Å². The second-order valence-corrected chi connectivity index (χ2v) is 4.35. The molecule has 4 nitrogen and oxygen atoms in total. The summed E-state index contributed by atoms with van der Waals surface area (Å²) >= 11 is 0. The largest absolute Gasteiger partial charge is 0.508 e. The fraction of sp³-hybridized carbons (Fsp3) is 0.417. The number of phenolic OH excluding ortho intramolecular Hbond substituents is 1. The highest BCUT2D eigenvalue weighted by atomic mass is 19.1. The third-order valence-corrected chi connectivity index (χ3v) is 3.18. The van der Waals surface area contributed by atoms with E-state index in [1.807, 2.05) is 0 Å². The number of hydrogen-bond acceptors (Lipinski definition) is 3. The third kappa shape index (κ3) is 2.05. The summed E-state index contributed by atoms with van der Waals surface area (Å²) in [6.07, 6.45) is 1.21. The highest BCUT2D eigenvalue weighted by molar-refractivity contribution is 5.70. The predicted octanol–water partition coefficient (Wildman–Crippen LogP) is 2.05. The van der Waals surface area contributed by atoms with E-state index in [9.17, 15) is 14.3 Å². The molecule has 0 atom stereocenters. The molecule has 1 aliphatic carbocycles. The number of phenols is 1. The molecule has 0 unspecified atom stereocenters. The van der Waals surface area contributed by atoms with E-state index in [-0.39, 0.29) is 17.9 Å². The molecule has 92 valence electrons. The summed E-state index contributed by atoms with van der Waals surface area (Å²) in [4.78, 5) is 10.7. The van der Waals surface area contributed by atoms with Gasteiger partial charge in [0.2, 0.25) is 0 Å². The van der Waals surface area contributed by atoms with Crippen LogP contribution in [0.1, 0.15) is 24.8 Å². The zero-order valence-corrected chi connectivity index (χ0v) is 9.36. The number of carboxylic acids is 1. The van der Waals surface area contributed by atoms with E-state index in [4.69, 9.17) is 9.84 Å². The summed E-state index contributed by atoms with van der Waals surface area (Å²) in [5, 5.41) is 18.6. The number of ether oxygens (including phenoxy) is 1. The Morgan fingerprint density at radius 2 is 2.18 bits per heavy atom. The van der Waals surface area contributed by atoms with Crippen molar-refractivity contribution in [2.24, 2.45) is 0 Å². The molecule has 0 spiro atoms. The first-order chi connectivity index (χ1) is 7.98. The van der Waals surface area contributed by atoms with E-state index in [1.54, 1.807) is 0 Å². The van der Waals surface area contributed by atoms with Gasteiger partial charge in [0, 0.05) is 17.0 Å². The molecular weight excluding hydrogens is 227 g/mol. The predicted molar refractivity (Wildman–Crippen MR) is 57.8 cm³/mol. The highest BCUT2D eigenvalue weighted by Gasteiger charge is 2.48. The molecule has 0 aliphatic heterocycles. The van der Waals surface area contributed by atoms with E-state index in [0.717, 1.165) is 0 Å². The van der Waals surface area contributed by atoms with Gasteiger partial charge in [0.1, 0.15) is 5.75 Å². The van der Waals surface area contributed by atoms with Crippen molar-refractivity contribution in [1.29, 1.82) is 0 Å². The second kappa shape index (κ2) is 3.91. The molecule has 17 heavy (non-hydrogen) atoms. The molecule has 1 aromatic carbocycles. The zero-order chi connectivity index (χ0) is 12.6. The van der Waals surface area contributed by atoms with Crippen LogP contribution in [-0.4, -0.2) is 23.3 Å². The average molecular weight is 240 g/mol. The smallest absolute Gasteiger partial charge is 0.304 e. The van der Waals surface area contributed by atoms with Crippen LogP contribution in [-0.2, 0) is 10.2 Å². The lowest BCUT2D eigenvalue weighted by atomic mass is 9.91. The Bertz CT molecular complexity index is 466. The second-order valence-electron chi connectivity index (χ2n) is 4.35. The number of methoxy groups -OCH3 is 1. The van der Waals surface area contributed by atoms with Crippen LogP contribution in [0.2, 0.25) is 0 Å². The minimum Gasteiger partial charge on any atom is -0.508 e. The average Bonchev–Trinajstić information content (AvgIpc) is 3.00. The molecule has 2 N–H and O–H groups in total. The number of carboxylic acid groups (broad SMARTS) is 1. The molecule has 2 rings (SSSR count). The highest BCUT2D eigenvalue weighted by Crippen LogP contribution is 2.54. The quantitative estimate of drug-likeness (QED) is 0.845. The molecule has 0 aromatic heterocycles. The Hall–Kier alpha value is -1.78. The molecule has 1 aromatic rings. The van der Waals surface area contributed by atoms with E-state index >= 15 is 0 Å². The van der Waals surface area contributed by atoms with Crippen LogP contribution >= 0.6 is 0 Å². The van der Waals surface area contributed by atoms with Crippen LogP contribution in [0.15, 0.2) is 12.1 Å². The molecule has 0 radical (unpaired) electrons. The zero-order valence-electron chi connectivity index (χ0n) is 9.36. The van der Waals surface area contributed by atoms with Gasteiger partial charge in [-0.05, 0) is 18.9 Å². The van der Waals surface area contributed by atoms with E-state index in [1.165, 1.54) is 19.2 Å². The van der Waals surface area contributed by atoms with Crippen molar-refractivity contribution in [3.05, 3.63) is 23.5 Å². The SMILES string of the molecule is COc1cc(O)c(C2(CC(=O)O)CC2)cc1F. The van der Waals surface area contributed by atoms with Crippen molar-refractivity contribution in [3.8, 4) is 11.5 Å².